The molecule has 5 rings (SSSR count). The average Bonchev–Trinajstić information content (AvgIpc) is 3.04. The van der Waals surface area contributed by atoms with E-state index in [1.807, 2.05) is 27.7 Å². The Labute approximate surface area is 308 Å². The first-order valence-corrected chi connectivity index (χ1v) is 17.7. The minimum Gasteiger partial charge on any atom is -0.512 e. The maximum atomic E-state index is 11.7. The Hall–Kier alpha value is -3.59. The number of carbonyl (C=O) groups excluding carboxylic acids is 1. The number of ketones is 1. The number of carbonyl (C=O) groups is 1. The number of aryl methyl sites for hydroxylation is 3. The Morgan fingerprint density at radius 2 is 1.41 bits per heavy atom. The van der Waals surface area contributed by atoms with Crippen LogP contribution in [0.25, 0.3) is 44.1 Å². The van der Waals surface area contributed by atoms with Crippen molar-refractivity contribution in [3.63, 3.8) is 0 Å². The quantitative estimate of drug-likeness (QED) is 0.0914. The van der Waals surface area contributed by atoms with Crippen molar-refractivity contribution >= 4 is 27.5 Å². The number of fused-ring (bicyclic) bond motifs is 2. The molecule has 0 bridgehead atoms. The zero-order valence-corrected chi connectivity index (χ0v) is 33.5. The zero-order valence-electron chi connectivity index (χ0n) is 31.1. The zero-order chi connectivity index (χ0) is 35.2. The predicted octanol–water partition coefficient (Wildman–Crippen LogP) is 12.6. The second-order valence-corrected chi connectivity index (χ2v) is 14.3. The summed E-state index contributed by atoms with van der Waals surface area (Å²) < 4.78 is 0. The van der Waals surface area contributed by atoms with Crippen molar-refractivity contribution in [1.82, 2.24) is 4.98 Å². The van der Waals surface area contributed by atoms with Crippen molar-refractivity contribution in [2.24, 2.45) is 11.8 Å². The van der Waals surface area contributed by atoms with E-state index in [4.69, 9.17) is 4.98 Å². The number of aliphatic hydroxyl groups is 1. The number of hydrogen-bond donors (Lipinski definition) is 1. The van der Waals surface area contributed by atoms with Gasteiger partial charge in [0.15, 0.2) is 5.78 Å². The molecule has 1 radical (unpaired) electrons. The Morgan fingerprint density at radius 3 is 2.00 bits per heavy atom. The van der Waals surface area contributed by atoms with Crippen molar-refractivity contribution in [2.45, 2.75) is 100 Å². The number of rotatable bonds is 9. The van der Waals surface area contributed by atoms with Crippen LogP contribution in [0.1, 0.15) is 96.4 Å². The standard InChI is InChI=1S/C32H30N.C13H24O2.Ir/c1-20-15-21(2)31-22(3)17-29(33-30(31)16-20)25-18-24-9-7-8-10-27(24)28(19-25)23-11-13-26(14-12-23)32(4,5)6;1-5-10(6-2)12(14)9-13(15)11(7-3)8-4;/h7-17,19H,1-6H3;9-11,14H,5-8H2,1-4H3;/q-1;;/b;12-9-;. The SMILES string of the molecule is CCC(CC)C(=O)/C=C(\O)C(CC)CC.Cc1cc(C)c2c(C)cc(-c3[c-]c4ccccc4c(-c4ccc(C(C)(C)C)cc4)c3)nc2c1.[Ir]. The van der Waals surface area contributed by atoms with E-state index in [1.54, 1.807) is 0 Å². The first-order valence-electron chi connectivity index (χ1n) is 17.7. The molecule has 4 heteroatoms. The first kappa shape index (κ1) is 39.8. The smallest absolute Gasteiger partial charge is 0.162 e. The van der Waals surface area contributed by atoms with Crippen LogP contribution in [0.2, 0.25) is 0 Å². The molecule has 0 unspecified atom stereocenters. The summed E-state index contributed by atoms with van der Waals surface area (Å²) >= 11 is 0. The van der Waals surface area contributed by atoms with Crippen molar-refractivity contribution in [1.29, 1.82) is 0 Å². The van der Waals surface area contributed by atoms with Crippen LogP contribution in [0.3, 0.4) is 0 Å². The van der Waals surface area contributed by atoms with Gasteiger partial charge in [-0.25, -0.2) is 0 Å². The van der Waals surface area contributed by atoms with Crippen LogP contribution in [-0.4, -0.2) is 15.9 Å². The van der Waals surface area contributed by atoms with Gasteiger partial charge < -0.3 is 5.11 Å². The minimum atomic E-state index is 0. The van der Waals surface area contributed by atoms with Crippen LogP contribution in [0.4, 0.5) is 0 Å². The van der Waals surface area contributed by atoms with E-state index in [0.29, 0.717) is 0 Å². The third kappa shape index (κ3) is 9.56. The summed E-state index contributed by atoms with van der Waals surface area (Å²) in [7, 11) is 0. The molecule has 3 nitrogen and oxygen atoms in total. The molecule has 0 aliphatic carbocycles. The molecular weight excluding hydrogens is 779 g/mol. The second-order valence-electron chi connectivity index (χ2n) is 14.3. The van der Waals surface area contributed by atoms with Gasteiger partial charge in [0.1, 0.15) is 0 Å². The van der Waals surface area contributed by atoms with Gasteiger partial charge in [-0.1, -0.05) is 120 Å². The molecule has 1 N–H and O–H groups in total. The molecule has 49 heavy (non-hydrogen) atoms. The van der Waals surface area contributed by atoms with Crippen LogP contribution in [0, 0.1) is 38.7 Å². The summed E-state index contributed by atoms with van der Waals surface area (Å²) in [5.41, 5.74) is 10.8. The molecule has 1 heterocycles. The summed E-state index contributed by atoms with van der Waals surface area (Å²) in [6, 6.07) is 30.1. The summed E-state index contributed by atoms with van der Waals surface area (Å²) in [6.45, 7) is 21.3. The number of hydrogen-bond acceptors (Lipinski definition) is 3. The second kappa shape index (κ2) is 17.4. The number of pyridine rings is 1. The molecule has 0 atom stereocenters. The van der Waals surface area contributed by atoms with Gasteiger partial charge in [0.25, 0.3) is 0 Å². The minimum absolute atomic E-state index is 0. The number of aromatic nitrogens is 1. The molecule has 261 valence electrons. The number of aliphatic hydroxyl groups excluding tert-OH is 1. The normalized spacial score (nSPS) is 11.9. The molecule has 4 aromatic carbocycles. The van der Waals surface area contributed by atoms with Gasteiger partial charge in [-0.3, -0.25) is 9.78 Å². The van der Waals surface area contributed by atoms with E-state index in [1.165, 1.54) is 50.2 Å². The molecule has 5 aromatic rings. The summed E-state index contributed by atoms with van der Waals surface area (Å²) in [6.07, 6.45) is 4.91. The van der Waals surface area contributed by atoms with Crippen LogP contribution in [0.15, 0.2) is 84.6 Å². The first-order chi connectivity index (χ1) is 22.8. The topological polar surface area (TPSA) is 50.2 Å². The molecule has 0 fully saturated rings. The van der Waals surface area contributed by atoms with Gasteiger partial charge in [0, 0.05) is 49.1 Å². The van der Waals surface area contributed by atoms with Crippen molar-refractivity contribution < 1.29 is 30.0 Å². The molecule has 0 aliphatic heterocycles. The number of allylic oxidation sites excluding steroid dienone is 2. The third-order valence-corrected chi connectivity index (χ3v) is 9.64. The van der Waals surface area contributed by atoms with Crippen molar-refractivity contribution in [2.75, 3.05) is 0 Å². The Morgan fingerprint density at radius 1 is 0.816 bits per heavy atom. The molecule has 0 saturated carbocycles. The molecule has 0 spiro atoms. The van der Waals surface area contributed by atoms with E-state index in [9.17, 15) is 9.90 Å². The van der Waals surface area contributed by atoms with Crippen LogP contribution >= 0.6 is 0 Å². The van der Waals surface area contributed by atoms with Gasteiger partial charge in [-0.15, -0.1) is 23.6 Å². The van der Waals surface area contributed by atoms with Gasteiger partial charge in [-0.05, 0) is 85.8 Å². The van der Waals surface area contributed by atoms with E-state index in [-0.39, 0.29) is 48.9 Å². The number of nitrogens with zero attached hydrogens (tertiary/aromatic N) is 1. The Kier molecular flexibility index (Phi) is 14.1. The van der Waals surface area contributed by atoms with Crippen molar-refractivity contribution in [3.05, 3.63) is 113 Å². The van der Waals surface area contributed by atoms with Gasteiger partial charge in [-0.2, -0.15) is 0 Å². The van der Waals surface area contributed by atoms with E-state index in [0.717, 1.165) is 47.8 Å². The van der Waals surface area contributed by atoms with Crippen LogP contribution < -0.4 is 0 Å². The predicted molar refractivity (Wildman–Crippen MR) is 206 cm³/mol. The number of benzene rings is 4. The molecule has 0 amide bonds. The van der Waals surface area contributed by atoms with E-state index >= 15 is 0 Å². The molecule has 0 aliphatic rings. The van der Waals surface area contributed by atoms with Crippen molar-refractivity contribution in [3.8, 4) is 22.4 Å². The van der Waals surface area contributed by atoms with E-state index < -0.39 is 0 Å². The van der Waals surface area contributed by atoms with E-state index in [2.05, 4.69) is 120 Å². The molecular formula is C45H54IrNO2-. The summed E-state index contributed by atoms with van der Waals surface area (Å²) in [4.78, 5) is 16.8. The fourth-order valence-corrected chi connectivity index (χ4v) is 6.66. The van der Waals surface area contributed by atoms with Gasteiger partial charge in [0.05, 0.1) is 11.3 Å². The average molecular weight is 833 g/mol. The third-order valence-electron chi connectivity index (χ3n) is 9.64. The largest absolute Gasteiger partial charge is 0.512 e. The summed E-state index contributed by atoms with van der Waals surface area (Å²) in [5.74, 6) is 0.547. The fourth-order valence-electron chi connectivity index (χ4n) is 6.66. The maximum Gasteiger partial charge on any atom is 0.162 e. The molecule has 0 saturated heterocycles. The van der Waals surface area contributed by atoms with Gasteiger partial charge >= 0.3 is 0 Å². The molecule has 1 aromatic heterocycles. The van der Waals surface area contributed by atoms with Gasteiger partial charge in [0.2, 0.25) is 0 Å². The Bertz CT molecular complexity index is 1910. The fraction of sp³-hybridized carbons (Fsp3) is 0.378. The van der Waals surface area contributed by atoms with Crippen LogP contribution in [-0.2, 0) is 30.3 Å². The Balaban J connectivity index is 0.000000347. The van der Waals surface area contributed by atoms with Crippen LogP contribution in [0.5, 0.6) is 0 Å². The monoisotopic (exact) mass is 833 g/mol. The summed E-state index contributed by atoms with van der Waals surface area (Å²) in [5, 5.41) is 13.3. The maximum absolute atomic E-state index is 11.7.